The van der Waals surface area contributed by atoms with E-state index in [-0.39, 0.29) is 98.6 Å². The highest BCUT2D eigenvalue weighted by molar-refractivity contribution is 5.95. The van der Waals surface area contributed by atoms with Gasteiger partial charge >= 0.3 is 6.09 Å². The number of aliphatic hydroxyl groups excluding tert-OH is 1. The summed E-state index contributed by atoms with van der Waals surface area (Å²) in [5, 5.41) is 31.8. The van der Waals surface area contributed by atoms with Gasteiger partial charge in [0.05, 0.1) is 37.8 Å². The van der Waals surface area contributed by atoms with Gasteiger partial charge in [-0.05, 0) is 102 Å². The fourth-order valence-electron chi connectivity index (χ4n) is 11.5. The third kappa shape index (κ3) is 21.2. The number of hydrogen-bond acceptors (Lipinski definition) is 13. The van der Waals surface area contributed by atoms with Crippen LogP contribution in [-0.4, -0.2) is 153 Å². The second kappa shape index (κ2) is 31.9. The highest BCUT2D eigenvalue weighted by atomic mass is 16.6. The first-order valence-corrected chi connectivity index (χ1v) is 29.7. The van der Waals surface area contributed by atoms with Crippen LogP contribution in [0.1, 0.15) is 153 Å². The number of nitrogens with one attached hydrogen (secondary N) is 8. The molecule has 0 radical (unpaired) electrons. The lowest BCUT2D eigenvalue weighted by Crippen LogP contribution is -2.56. The number of alkyl carbamates (subject to hydrolysis) is 1. The van der Waals surface area contributed by atoms with Crippen LogP contribution in [0.25, 0.3) is 0 Å². The molecule has 1 aromatic carbocycles. The van der Waals surface area contributed by atoms with Crippen LogP contribution in [0.5, 0.6) is 0 Å². The summed E-state index contributed by atoms with van der Waals surface area (Å²) in [6.45, 7) is 23.4. The molecule has 1 saturated carbocycles. The Balaban J connectivity index is 1.18. The summed E-state index contributed by atoms with van der Waals surface area (Å²) >= 11 is 0. The first-order valence-electron chi connectivity index (χ1n) is 29.7. The SMILES string of the molecule is COC1C(OC(=O)NCCCCCC(=O)NCCNC(=O)CNC(=O)[C@H](CC(C)C)NC(=O)[C@H](Cc2ccccc2)NC(=O)CNC(=O)C(C)(CC(C)(CC(C)C)C(=O)NCC(C)O)C(C)C)CC[C@]2(CO2)C1[C@]1(C)O[C@@H]1CC=C(C)C. The van der Waals surface area contributed by atoms with E-state index in [9.17, 15) is 43.5 Å². The van der Waals surface area contributed by atoms with Crippen LogP contribution in [-0.2, 0) is 58.9 Å². The molecule has 6 unspecified atom stereocenters. The molecular formula is C61H100N8O13. The van der Waals surface area contributed by atoms with Gasteiger partial charge in [0.1, 0.15) is 35.5 Å². The molecule has 0 aromatic heterocycles. The highest BCUT2D eigenvalue weighted by Gasteiger charge is 2.72. The quantitative estimate of drug-likeness (QED) is 0.0254. The van der Waals surface area contributed by atoms with Crippen molar-refractivity contribution in [1.82, 2.24) is 42.5 Å². The van der Waals surface area contributed by atoms with Crippen LogP contribution in [0.2, 0.25) is 0 Å². The van der Waals surface area contributed by atoms with Crippen LogP contribution in [0.15, 0.2) is 42.0 Å². The zero-order valence-electron chi connectivity index (χ0n) is 51.3. The molecule has 8 amide bonds. The molecule has 2 heterocycles. The first kappa shape index (κ1) is 68.9. The summed E-state index contributed by atoms with van der Waals surface area (Å²) in [4.78, 5) is 107. The van der Waals surface area contributed by atoms with Gasteiger partial charge in [-0.2, -0.15) is 0 Å². The van der Waals surface area contributed by atoms with Gasteiger partial charge < -0.3 is 66.6 Å². The molecule has 21 nitrogen and oxygen atoms in total. The molecule has 2 aliphatic heterocycles. The van der Waals surface area contributed by atoms with Crippen molar-refractivity contribution in [3.8, 4) is 0 Å². The molecule has 462 valence electrons. The number of epoxide rings is 2. The highest BCUT2D eigenvalue weighted by Crippen LogP contribution is 2.59. The normalized spacial score (nSPS) is 23.4. The number of unbranched alkanes of at least 4 members (excludes halogenated alkanes) is 2. The molecule has 3 aliphatic rings. The first-order chi connectivity index (χ1) is 38.6. The van der Waals surface area contributed by atoms with Crippen molar-refractivity contribution in [2.45, 2.75) is 201 Å². The average molecular weight is 1150 g/mol. The standard InChI is InChI=1S/C61H100N8O13/c1-38(2)23-24-47-60(12,82-47)52-51(79-13)46(25-26-61(52)37-80-61)81-57(78)64-27-19-15-18-22-48(71)62-28-29-63-49(72)34-65-53(74)44(30-39(3)4)69-54(75)45(31-43-20-16-14-17-21-43)68-50(73)35-67-56(77)59(11,41(7)8)36-58(10,32-40(5)6)55(76)66-33-42(9)70/h14,16-17,20-21,23,39-42,44-47,51-52,70H,15,18-19,22,24-37H2,1-13H3,(H,62,71)(H,63,72)(H,64,78)(H,65,74)(H,66,76)(H,67,77)(H,68,73)(H,69,75)/t42?,44-,45-,46?,47+,51?,52?,58?,59?,60+,61-/m0/s1. The zero-order valence-corrected chi connectivity index (χ0v) is 51.3. The van der Waals surface area contributed by atoms with E-state index in [0.29, 0.717) is 45.3 Å². The van der Waals surface area contributed by atoms with E-state index in [1.165, 1.54) is 5.57 Å². The van der Waals surface area contributed by atoms with Gasteiger partial charge in [0.25, 0.3) is 0 Å². The van der Waals surface area contributed by atoms with E-state index in [2.05, 4.69) is 69.4 Å². The van der Waals surface area contributed by atoms with Crippen molar-refractivity contribution in [1.29, 1.82) is 0 Å². The number of carbonyl (C=O) groups is 8. The van der Waals surface area contributed by atoms with Crippen molar-refractivity contribution in [2.75, 3.05) is 53.0 Å². The van der Waals surface area contributed by atoms with Gasteiger partial charge in [0, 0.05) is 57.0 Å². The molecule has 1 aromatic rings. The largest absolute Gasteiger partial charge is 0.443 e. The van der Waals surface area contributed by atoms with Crippen molar-refractivity contribution in [2.24, 2.45) is 34.5 Å². The summed E-state index contributed by atoms with van der Waals surface area (Å²) in [6.07, 6.45) is 5.45. The summed E-state index contributed by atoms with van der Waals surface area (Å²) in [5.41, 5.74) is -0.844. The van der Waals surface area contributed by atoms with E-state index in [1.807, 2.05) is 54.5 Å². The van der Waals surface area contributed by atoms with Crippen LogP contribution in [0.3, 0.4) is 0 Å². The van der Waals surface area contributed by atoms with Crippen molar-refractivity contribution in [3.63, 3.8) is 0 Å². The second-order valence-corrected chi connectivity index (χ2v) is 25.1. The number of hydrogen-bond donors (Lipinski definition) is 9. The molecule has 11 atom stereocenters. The van der Waals surface area contributed by atoms with Gasteiger partial charge in [-0.1, -0.05) is 104 Å². The Hall–Kier alpha value is -5.64. The fraction of sp³-hybridized carbons (Fsp3) is 0.738. The van der Waals surface area contributed by atoms with E-state index >= 15 is 0 Å². The molecule has 21 heteroatoms. The second-order valence-electron chi connectivity index (χ2n) is 25.1. The molecule has 3 fully saturated rings. The topological polar surface area (TPSA) is 297 Å². The Morgan fingerprint density at radius 2 is 1.43 bits per heavy atom. The maximum Gasteiger partial charge on any atom is 0.407 e. The minimum Gasteiger partial charge on any atom is -0.443 e. The fourth-order valence-corrected chi connectivity index (χ4v) is 11.5. The predicted molar refractivity (Wildman–Crippen MR) is 312 cm³/mol. The third-order valence-electron chi connectivity index (χ3n) is 16.2. The van der Waals surface area contributed by atoms with Crippen molar-refractivity contribution in [3.05, 3.63) is 47.5 Å². The van der Waals surface area contributed by atoms with Crippen LogP contribution >= 0.6 is 0 Å². The molecule has 2 saturated heterocycles. The zero-order chi connectivity index (χ0) is 61.0. The van der Waals surface area contributed by atoms with Gasteiger partial charge in [-0.15, -0.1) is 0 Å². The van der Waals surface area contributed by atoms with Crippen LogP contribution < -0.4 is 42.5 Å². The van der Waals surface area contributed by atoms with Gasteiger partial charge in [-0.3, -0.25) is 33.6 Å². The number of rotatable bonds is 35. The number of carbonyl (C=O) groups excluding carboxylic acids is 8. The Bertz CT molecular complexity index is 2320. The Kier molecular flexibility index (Phi) is 26.8. The molecule has 82 heavy (non-hydrogen) atoms. The van der Waals surface area contributed by atoms with E-state index in [0.717, 1.165) is 18.4 Å². The van der Waals surface area contributed by atoms with Crippen LogP contribution in [0, 0.1) is 34.5 Å². The molecular weight excluding hydrogens is 1050 g/mol. The summed E-state index contributed by atoms with van der Waals surface area (Å²) in [6, 6.07) is 6.80. The number of methoxy groups -OCH3 is 1. The minimum absolute atomic E-state index is 0.0501. The third-order valence-corrected chi connectivity index (χ3v) is 16.2. The maximum absolute atomic E-state index is 14.0. The summed E-state index contributed by atoms with van der Waals surface area (Å²) < 4.78 is 24.2. The van der Waals surface area contributed by atoms with Gasteiger partial charge in [0.2, 0.25) is 41.4 Å². The number of amides is 8. The van der Waals surface area contributed by atoms with Crippen molar-refractivity contribution >= 4 is 47.4 Å². The monoisotopic (exact) mass is 1150 g/mol. The smallest absolute Gasteiger partial charge is 0.407 e. The Morgan fingerprint density at radius 1 is 0.768 bits per heavy atom. The molecule has 1 spiro atoms. The number of ether oxygens (including phenoxy) is 4. The lowest BCUT2D eigenvalue weighted by atomic mass is 9.64. The Labute approximate surface area is 487 Å². The lowest BCUT2D eigenvalue weighted by molar-refractivity contribution is -0.142. The lowest BCUT2D eigenvalue weighted by Gasteiger charge is -2.42. The maximum atomic E-state index is 14.0. The molecule has 1 aliphatic carbocycles. The number of aliphatic hydroxyl groups is 1. The van der Waals surface area contributed by atoms with Gasteiger partial charge in [0.15, 0.2) is 0 Å². The average Bonchev–Trinajstić information content (AvgIpc) is 4.34. The molecule has 9 N–H and O–H groups in total. The summed E-state index contributed by atoms with van der Waals surface area (Å²) in [7, 11) is 1.64. The number of benzene rings is 1. The van der Waals surface area contributed by atoms with Crippen LogP contribution in [0.4, 0.5) is 4.79 Å². The molecule has 4 rings (SSSR count). The molecule has 0 bridgehead atoms. The van der Waals surface area contributed by atoms with E-state index in [1.54, 1.807) is 45.2 Å². The predicted octanol–water partition coefficient (Wildman–Crippen LogP) is 4.67. The van der Waals surface area contributed by atoms with Crippen molar-refractivity contribution < 1.29 is 62.4 Å². The number of allylic oxidation sites excluding steroid dienone is 1. The van der Waals surface area contributed by atoms with E-state index in [4.69, 9.17) is 18.9 Å². The van der Waals surface area contributed by atoms with Gasteiger partial charge in [-0.25, -0.2) is 4.79 Å². The van der Waals surface area contributed by atoms with E-state index < -0.39 is 89.4 Å². The Morgan fingerprint density at radius 3 is 2.02 bits per heavy atom. The summed E-state index contributed by atoms with van der Waals surface area (Å²) in [5.74, 6) is -3.55. The minimum atomic E-state index is -1.15.